The van der Waals surface area contributed by atoms with Crippen molar-refractivity contribution in [2.45, 2.75) is 56.9 Å². The number of carboxylic acids is 1. The highest BCUT2D eigenvalue weighted by molar-refractivity contribution is 5.94. The SMILES string of the molecule is O=C(O)CCNC(=O)c1ccc(NC(C(=O)Oc2ccc(C3CCCCC3)cc2)c2ccc3c(c2)Cc2ccccc2-3)cc1. The van der Waals surface area contributed by atoms with E-state index in [-0.39, 0.29) is 18.9 Å². The van der Waals surface area contributed by atoms with Gasteiger partial charge in [0, 0.05) is 17.8 Å². The fourth-order valence-electron chi connectivity index (χ4n) is 6.31. The quantitative estimate of drug-likeness (QED) is 0.117. The van der Waals surface area contributed by atoms with Crippen LogP contribution in [0.5, 0.6) is 5.75 Å². The van der Waals surface area contributed by atoms with Crippen LogP contribution in [0, 0.1) is 0 Å². The first kappa shape index (κ1) is 29.2. The van der Waals surface area contributed by atoms with Gasteiger partial charge in [0.15, 0.2) is 6.04 Å². The number of esters is 1. The third-order valence-corrected chi connectivity index (χ3v) is 8.64. The molecule has 0 aliphatic heterocycles. The standard InChI is InChI=1S/C37H36N2O5/c40-34(41)20-21-38-36(42)26-10-15-30(16-11-26)39-35(28-14-19-33-29(23-28)22-27-8-4-5-9-32(27)33)37(43)44-31-17-12-25(13-18-31)24-6-2-1-3-7-24/h4-5,8-19,23-24,35,39H,1-3,6-7,20-22H2,(H,38,42)(H,40,41). The number of ether oxygens (including phenoxy) is 1. The minimum atomic E-state index is -0.974. The van der Waals surface area contributed by atoms with Crippen molar-refractivity contribution in [1.29, 1.82) is 0 Å². The Balaban J connectivity index is 1.22. The maximum atomic E-state index is 13.8. The van der Waals surface area contributed by atoms with Gasteiger partial charge in [-0.1, -0.05) is 73.9 Å². The summed E-state index contributed by atoms with van der Waals surface area (Å²) in [4.78, 5) is 36.9. The molecule has 1 atom stereocenters. The van der Waals surface area contributed by atoms with Crippen LogP contribution < -0.4 is 15.4 Å². The lowest BCUT2D eigenvalue weighted by atomic mass is 9.84. The van der Waals surface area contributed by atoms with E-state index < -0.39 is 18.0 Å². The lowest BCUT2D eigenvalue weighted by Gasteiger charge is -2.22. The molecule has 1 unspecified atom stereocenters. The molecule has 0 bridgehead atoms. The number of anilines is 1. The molecule has 0 aromatic heterocycles. The predicted octanol–water partition coefficient (Wildman–Crippen LogP) is 7.27. The third-order valence-electron chi connectivity index (χ3n) is 8.64. The monoisotopic (exact) mass is 588 g/mol. The van der Waals surface area contributed by atoms with Gasteiger partial charge in [-0.2, -0.15) is 0 Å². The Hall–Kier alpha value is -4.91. The Morgan fingerprint density at radius 3 is 2.30 bits per heavy atom. The Labute approximate surface area is 257 Å². The number of carbonyl (C=O) groups excluding carboxylic acids is 2. The van der Waals surface area contributed by atoms with E-state index in [2.05, 4.69) is 47.0 Å². The van der Waals surface area contributed by atoms with Crippen LogP contribution in [0.1, 0.15) is 83.1 Å². The Kier molecular flexibility index (Phi) is 8.73. The van der Waals surface area contributed by atoms with Gasteiger partial charge in [0.25, 0.3) is 5.91 Å². The molecule has 0 saturated heterocycles. The van der Waals surface area contributed by atoms with E-state index in [1.165, 1.54) is 54.4 Å². The average molecular weight is 589 g/mol. The normalized spacial score (nSPS) is 14.6. The van der Waals surface area contributed by atoms with Gasteiger partial charge in [0.05, 0.1) is 6.42 Å². The number of hydrogen-bond acceptors (Lipinski definition) is 5. The third kappa shape index (κ3) is 6.67. The van der Waals surface area contributed by atoms with Gasteiger partial charge in [-0.3, -0.25) is 9.59 Å². The fraction of sp³-hybridized carbons (Fsp3) is 0.270. The first-order valence-corrected chi connectivity index (χ1v) is 15.3. The maximum Gasteiger partial charge on any atom is 0.338 e. The van der Waals surface area contributed by atoms with Crippen molar-refractivity contribution in [3.63, 3.8) is 0 Å². The van der Waals surface area contributed by atoms with E-state index in [1.807, 2.05) is 30.3 Å². The van der Waals surface area contributed by atoms with E-state index in [9.17, 15) is 14.4 Å². The number of fused-ring (bicyclic) bond motifs is 3. The molecule has 0 spiro atoms. The predicted molar refractivity (Wildman–Crippen MR) is 170 cm³/mol. The van der Waals surface area contributed by atoms with Crippen LogP contribution in [0.3, 0.4) is 0 Å². The smallest absolute Gasteiger partial charge is 0.338 e. The minimum Gasteiger partial charge on any atom is -0.481 e. The Morgan fingerprint density at radius 2 is 1.55 bits per heavy atom. The van der Waals surface area contributed by atoms with Crippen LogP contribution in [0.25, 0.3) is 11.1 Å². The van der Waals surface area contributed by atoms with E-state index >= 15 is 0 Å². The average Bonchev–Trinajstić information content (AvgIpc) is 3.42. The topological polar surface area (TPSA) is 105 Å². The van der Waals surface area contributed by atoms with Crippen LogP contribution in [0.4, 0.5) is 5.69 Å². The number of benzene rings is 4. The van der Waals surface area contributed by atoms with E-state index in [0.717, 1.165) is 17.5 Å². The van der Waals surface area contributed by atoms with Gasteiger partial charge in [-0.25, -0.2) is 4.79 Å². The van der Waals surface area contributed by atoms with E-state index in [1.54, 1.807) is 24.3 Å². The largest absolute Gasteiger partial charge is 0.481 e. The lowest BCUT2D eigenvalue weighted by molar-refractivity contribution is -0.137. The number of amides is 1. The number of hydrogen-bond donors (Lipinski definition) is 3. The molecule has 1 amide bonds. The van der Waals surface area contributed by atoms with Gasteiger partial charge in [0.1, 0.15) is 5.75 Å². The number of rotatable bonds is 10. The minimum absolute atomic E-state index is 0.0475. The van der Waals surface area contributed by atoms with Crippen molar-refractivity contribution >= 4 is 23.5 Å². The van der Waals surface area contributed by atoms with Crippen LogP contribution in [0.15, 0.2) is 91.0 Å². The van der Waals surface area contributed by atoms with Crippen LogP contribution in [0.2, 0.25) is 0 Å². The molecule has 224 valence electrons. The van der Waals surface area contributed by atoms with Crippen molar-refractivity contribution in [3.8, 4) is 16.9 Å². The molecule has 0 radical (unpaired) electrons. The van der Waals surface area contributed by atoms with E-state index in [0.29, 0.717) is 22.9 Å². The zero-order valence-corrected chi connectivity index (χ0v) is 24.6. The summed E-state index contributed by atoms with van der Waals surface area (Å²) in [6.45, 7) is 0.0475. The summed E-state index contributed by atoms with van der Waals surface area (Å²) in [6, 6.07) is 28.3. The molecule has 4 aromatic carbocycles. The molecule has 7 heteroatoms. The van der Waals surface area contributed by atoms with Crippen LogP contribution in [-0.4, -0.2) is 29.5 Å². The summed E-state index contributed by atoms with van der Waals surface area (Å²) in [5, 5.41) is 14.7. The molecule has 0 heterocycles. The van der Waals surface area contributed by atoms with Crippen molar-refractivity contribution in [2.24, 2.45) is 0 Å². The summed E-state index contributed by atoms with van der Waals surface area (Å²) in [5.74, 6) is -0.688. The van der Waals surface area contributed by atoms with Crippen molar-refractivity contribution in [1.82, 2.24) is 5.32 Å². The molecule has 2 aliphatic rings. The zero-order chi connectivity index (χ0) is 30.5. The van der Waals surface area contributed by atoms with Gasteiger partial charge in [0.2, 0.25) is 0 Å². The van der Waals surface area contributed by atoms with Crippen molar-refractivity contribution in [2.75, 3.05) is 11.9 Å². The summed E-state index contributed by atoms with van der Waals surface area (Å²) in [5.41, 5.74) is 7.94. The molecule has 2 aliphatic carbocycles. The van der Waals surface area contributed by atoms with Crippen molar-refractivity contribution in [3.05, 3.63) is 119 Å². The molecule has 7 nitrogen and oxygen atoms in total. The molecule has 1 fully saturated rings. The second kappa shape index (κ2) is 13.2. The second-order valence-corrected chi connectivity index (χ2v) is 11.6. The van der Waals surface area contributed by atoms with Gasteiger partial charge < -0.3 is 20.5 Å². The Morgan fingerprint density at radius 1 is 0.818 bits per heavy atom. The number of nitrogens with one attached hydrogen (secondary N) is 2. The first-order valence-electron chi connectivity index (χ1n) is 15.3. The molecule has 44 heavy (non-hydrogen) atoms. The van der Waals surface area contributed by atoms with Gasteiger partial charge in [-0.05, 0) is 95.0 Å². The molecular weight excluding hydrogens is 552 g/mol. The van der Waals surface area contributed by atoms with Crippen LogP contribution in [-0.2, 0) is 16.0 Å². The van der Waals surface area contributed by atoms with E-state index in [4.69, 9.17) is 9.84 Å². The summed E-state index contributed by atoms with van der Waals surface area (Å²) >= 11 is 0. The number of carboxylic acid groups (broad SMARTS) is 1. The van der Waals surface area contributed by atoms with Crippen LogP contribution >= 0.6 is 0 Å². The number of carbonyl (C=O) groups is 3. The number of aliphatic carboxylic acids is 1. The molecule has 1 saturated carbocycles. The summed E-state index contributed by atoms with van der Waals surface area (Å²) < 4.78 is 5.94. The fourth-order valence-corrected chi connectivity index (χ4v) is 6.31. The summed E-state index contributed by atoms with van der Waals surface area (Å²) in [7, 11) is 0. The lowest BCUT2D eigenvalue weighted by Crippen LogP contribution is -2.26. The molecule has 3 N–H and O–H groups in total. The highest BCUT2D eigenvalue weighted by Gasteiger charge is 2.26. The first-order chi connectivity index (χ1) is 21.4. The summed E-state index contributed by atoms with van der Waals surface area (Å²) in [6.07, 6.45) is 6.89. The zero-order valence-electron chi connectivity index (χ0n) is 24.6. The van der Waals surface area contributed by atoms with Crippen molar-refractivity contribution < 1.29 is 24.2 Å². The Bertz CT molecular complexity index is 1660. The van der Waals surface area contributed by atoms with Gasteiger partial charge in [-0.15, -0.1) is 0 Å². The maximum absolute atomic E-state index is 13.8. The van der Waals surface area contributed by atoms with Gasteiger partial charge >= 0.3 is 11.9 Å². The highest BCUT2D eigenvalue weighted by Crippen LogP contribution is 2.38. The molecular formula is C37H36N2O5. The highest BCUT2D eigenvalue weighted by atomic mass is 16.5. The second-order valence-electron chi connectivity index (χ2n) is 11.6. The molecule has 4 aromatic rings. The molecule has 6 rings (SSSR count).